The first-order valence-corrected chi connectivity index (χ1v) is 5.35. The van der Waals surface area contributed by atoms with Gasteiger partial charge in [0.15, 0.2) is 5.75 Å². The summed E-state index contributed by atoms with van der Waals surface area (Å²) in [5.41, 5.74) is 0.192. The highest BCUT2D eigenvalue weighted by atomic mass is 16.6. The van der Waals surface area contributed by atoms with Crippen molar-refractivity contribution in [1.29, 1.82) is 0 Å². The van der Waals surface area contributed by atoms with Gasteiger partial charge in [-0.05, 0) is 17.7 Å². The van der Waals surface area contributed by atoms with E-state index in [1.165, 1.54) is 31.4 Å². The summed E-state index contributed by atoms with van der Waals surface area (Å²) in [6.07, 6.45) is 2.18. The minimum atomic E-state index is -1.12. The zero-order chi connectivity index (χ0) is 14.3. The normalized spacial score (nSPS) is 10.6. The molecule has 1 rings (SSSR count). The predicted octanol–water partition coefficient (Wildman–Crippen LogP) is 1.72. The molecule has 0 aliphatic heterocycles. The molecule has 0 spiro atoms. The van der Waals surface area contributed by atoms with E-state index in [1.807, 2.05) is 0 Å². The maximum Gasteiger partial charge on any atom is 0.328 e. The van der Waals surface area contributed by atoms with E-state index in [0.29, 0.717) is 12.2 Å². The Kier molecular flexibility index (Phi) is 5.49. The average Bonchev–Trinajstić information content (AvgIpc) is 2.37. The van der Waals surface area contributed by atoms with Gasteiger partial charge in [0.05, 0.1) is 11.5 Å². The average molecular weight is 267 g/mol. The molecular weight excluding hydrogens is 254 g/mol. The molecular formula is C12H13NO6. The Morgan fingerprint density at radius 1 is 1.47 bits per heavy atom. The maximum atomic E-state index is 10.9. The SMILES string of the molecule is COCCOc1ccc(/C=C\C(=O)O)cc1[N+](=O)[O-]. The molecule has 0 aliphatic rings. The first kappa shape index (κ1) is 14.7. The van der Waals surface area contributed by atoms with Crippen LogP contribution >= 0.6 is 0 Å². The van der Waals surface area contributed by atoms with Gasteiger partial charge in [0.2, 0.25) is 0 Å². The molecule has 7 heteroatoms. The second-order valence-corrected chi connectivity index (χ2v) is 3.50. The highest BCUT2D eigenvalue weighted by molar-refractivity contribution is 5.85. The van der Waals surface area contributed by atoms with Crippen LogP contribution in [0.5, 0.6) is 5.75 Å². The summed E-state index contributed by atoms with van der Waals surface area (Å²) in [5.74, 6) is -1.00. The molecule has 1 N–H and O–H groups in total. The molecule has 0 aromatic heterocycles. The zero-order valence-corrected chi connectivity index (χ0v) is 10.2. The third-order valence-electron chi connectivity index (χ3n) is 2.14. The first-order valence-electron chi connectivity index (χ1n) is 5.35. The quantitative estimate of drug-likeness (QED) is 0.349. The van der Waals surface area contributed by atoms with Crippen LogP contribution in [0, 0.1) is 10.1 Å². The Morgan fingerprint density at radius 3 is 2.79 bits per heavy atom. The number of benzene rings is 1. The van der Waals surface area contributed by atoms with Gasteiger partial charge in [-0.2, -0.15) is 0 Å². The molecule has 19 heavy (non-hydrogen) atoms. The lowest BCUT2D eigenvalue weighted by molar-refractivity contribution is -0.385. The molecule has 0 unspecified atom stereocenters. The van der Waals surface area contributed by atoms with Gasteiger partial charge in [0.25, 0.3) is 0 Å². The molecule has 0 heterocycles. The highest BCUT2D eigenvalue weighted by Gasteiger charge is 2.15. The Hall–Kier alpha value is -2.41. The summed E-state index contributed by atoms with van der Waals surface area (Å²) < 4.78 is 9.99. The van der Waals surface area contributed by atoms with Crippen molar-refractivity contribution in [3.8, 4) is 5.75 Å². The van der Waals surface area contributed by atoms with E-state index in [2.05, 4.69) is 0 Å². The van der Waals surface area contributed by atoms with Crippen molar-refractivity contribution in [3.63, 3.8) is 0 Å². The molecule has 1 aromatic rings. The van der Waals surface area contributed by atoms with E-state index in [1.54, 1.807) is 0 Å². The van der Waals surface area contributed by atoms with Crippen LogP contribution in [0.15, 0.2) is 24.3 Å². The highest BCUT2D eigenvalue weighted by Crippen LogP contribution is 2.28. The summed E-state index contributed by atoms with van der Waals surface area (Å²) in [4.78, 5) is 20.7. The van der Waals surface area contributed by atoms with Crippen molar-refractivity contribution in [1.82, 2.24) is 0 Å². The van der Waals surface area contributed by atoms with Gasteiger partial charge in [-0.15, -0.1) is 0 Å². The third kappa shape index (κ3) is 4.76. The molecule has 0 saturated carbocycles. The van der Waals surface area contributed by atoms with Crippen LogP contribution in [0.1, 0.15) is 5.56 Å². The number of methoxy groups -OCH3 is 1. The summed E-state index contributed by atoms with van der Waals surface area (Å²) in [5, 5.41) is 19.4. The van der Waals surface area contributed by atoms with Crippen molar-refractivity contribution in [2.45, 2.75) is 0 Å². The van der Waals surface area contributed by atoms with E-state index in [9.17, 15) is 14.9 Å². The molecule has 0 saturated heterocycles. The van der Waals surface area contributed by atoms with Gasteiger partial charge in [-0.25, -0.2) is 4.79 Å². The minimum Gasteiger partial charge on any atom is -0.484 e. The number of nitrogens with zero attached hydrogens (tertiary/aromatic N) is 1. The second kappa shape index (κ2) is 7.12. The van der Waals surface area contributed by atoms with Crippen molar-refractivity contribution in [2.24, 2.45) is 0 Å². The molecule has 0 radical (unpaired) electrons. The molecule has 0 amide bonds. The summed E-state index contributed by atoms with van der Waals surface area (Å²) in [6.45, 7) is 0.513. The van der Waals surface area contributed by atoms with Gasteiger partial charge in [0, 0.05) is 19.3 Å². The number of nitro groups is 1. The predicted molar refractivity (Wildman–Crippen MR) is 67.1 cm³/mol. The standard InChI is InChI=1S/C12H13NO6/c1-18-6-7-19-11-4-2-9(3-5-12(14)15)8-10(11)13(16)17/h2-5,8H,6-7H2,1H3,(H,14,15)/b5-3-. The van der Waals surface area contributed by atoms with Crippen LogP contribution in [0.4, 0.5) is 5.69 Å². The molecule has 0 atom stereocenters. The van der Waals surface area contributed by atoms with E-state index in [0.717, 1.165) is 6.08 Å². The summed E-state index contributed by atoms with van der Waals surface area (Å²) >= 11 is 0. The van der Waals surface area contributed by atoms with Crippen LogP contribution in [0.25, 0.3) is 6.08 Å². The van der Waals surface area contributed by atoms with Crippen LogP contribution < -0.4 is 4.74 Å². The summed E-state index contributed by atoms with van der Waals surface area (Å²) in [7, 11) is 1.50. The van der Waals surface area contributed by atoms with Gasteiger partial charge in [0.1, 0.15) is 6.61 Å². The largest absolute Gasteiger partial charge is 0.484 e. The summed E-state index contributed by atoms with van der Waals surface area (Å²) in [6, 6.07) is 4.21. The molecule has 0 bridgehead atoms. The Bertz CT molecular complexity index is 497. The van der Waals surface area contributed by atoms with Crippen LogP contribution in [0.3, 0.4) is 0 Å². The van der Waals surface area contributed by atoms with E-state index >= 15 is 0 Å². The molecule has 0 fully saturated rings. The van der Waals surface area contributed by atoms with E-state index < -0.39 is 10.9 Å². The van der Waals surface area contributed by atoms with Crippen molar-refractivity contribution < 1.29 is 24.3 Å². The number of carboxylic acids is 1. The molecule has 7 nitrogen and oxygen atoms in total. The minimum absolute atomic E-state index is 0.120. The number of rotatable bonds is 7. The number of ether oxygens (including phenoxy) is 2. The fraction of sp³-hybridized carbons (Fsp3) is 0.250. The van der Waals surface area contributed by atoms with Crippen LogP contribution in [-0.4, -0.2) is 36.3 Å². The van der Waals surface area contributed by atoms with Crippen LogP contribution in [-0.2, 0) is 9.53 Å². The third-order valence-corrected chi connectivity index (χ3v) is 2.14. The van der Waals surface area contributed by atoms with Crippen molar-refractivity contribution in [2.75, 3.05) is 20.3 Å². The second-order valence-electron chi connectivity index (χ2n) is 3.50. The monoisotopic (exact) mass is 267 g/mol. The molecule has 0 aliphatic carbocycles. The van der Waals surface area contributed by atoms with Gasteiger partial charge >= 0.3 is 11.7 Å². The number of nitro benzene ring substituents is 1. The zero-order valence-electron chi connectivity index (χ0n) is 10.2. The maximum absolute atomic E-state index is 10.9. The van der Waals surface area contributed by atoms with Gasteiger partial charge in [-0.3, -0.25) is 10.1 Å². The Morgan fingerprint density at radius 2 is 2.21 bits per heavy atom. The fourth-order valence-corrected chi connectivity index (χ4v) is 1.31. The van der Waals surface area contributed by atoms with Crippen LogP contribution in [0.2, 0.25) is 0 Å². The number of hydrogen-bond acceptors (Lipinski definition) is 5. The number of hydrogen-bond donors (Lipinski definition) is 1. The Balaban J connectivity index is 2.94. The number of aliphatic carboxylic acids is 1. The van der Waals surface area contributed by atoms with Crippen molar-refractivity contribution in [3.05, 3.63) is 40.0 Å². The first-order chi connectivity index (χ1) is 9.04. The topological polar surface area (TPSA) is 98.9 Å². The van der Waals surface area contributed by atoms with E-state index in [4.69, 9.17) is 14.6 Å². The number of carbonyl (C=O) groups is 1. The fourth-order valence-electron chi connectivity index (χ4n) is 1.31. The molecule has 102 valence electrons. The van der Waals surface area contributed by atoms with Gasteiger partial charge < -0.3 is 14.6 Å². The Labute approximate surface area is 109 Å². The smallest absolute Gasteiger partial charge is 0.328 e. The van der Waals surface area contributed by atoms with E-state index in [-0.39, 0.29) is 18.0 Å². The number of carboxylic acid groups (broad SMARTS) is 1. The lowest BCUT2D eigenvalue weighted by Crippen LogP contribution is -2.06. The molecule has 1 aromatic carbocycles. The lowest BCUT2D eigenvalue weighted by atomic mass is 10.1. The van der Waals surface area contributed by atoms with Crippen molar-refractivity contribution >= 4 is 17.7 Å². The van der Waals surface area contributed by atoms with Gasteiger partial charge in [-0.1, -0.05) is 6.07 Å². The lowest BCUT2D eigenvalue weighted by Gasteiger charge is -2.06.